The van der Waals surface area contributed by atoms with Crippen LogP contribution in [0.3, 0.4) is 0 Å². The second-order valence-corrected chi connectivity index (χ2v) is 8.04. The van der Waals surface area contributed by atoms with Gasteiger partial charge in [-0.1, -0.05) is 69.6 Å². The Hall–Kier alpha value is -1.82. The number of aryl methyl sites for hydroxylation is 1. The lowest BCUT2D eigenvalue weighted by Crippen LogP contribution is -2.33. The first-order chi connectivity index (χ1) is 12.5. The third-order valence-corrected chi connectivity index (χ3v) is 5.11. The summed E-state index contributed by atoms with van der Waals surface area (Å²) in [5.41, 5.74) is 2.30. The fraction of sp³-hybridized carbons (Fsp3) is 0.550. The number of H-pyrrole nitrogens is 1. The molecule has 0 fully saturated rings. The summed E-state index contributed by atoms with van der Waals surface area (Å²) in [6.45, 7) is 8.65. The van der Waals surface area contributed by atoms with Crippen LogP contribution in [0, 0.1) is 5.92 Å². The zero-order valence-electron chi connectivity index (χ0n) is 16.2. The van der Waals surface area contributed by atoms with Crippen molar-refractivity contribution < 1.29 is 4.79 Å². The van der Waals surface area contributed by atoms with Crippen LogP contribution in [0.25, 0.3) is 11.4 Å². The van der Waals surface area contributed by atoms with Crippen LogP contribution < -0.4 is 5.32 Å². The number of amides is 1. The molecule has 0 aliphatic rings. The van der Waals surface area contributed by atoms with Crippen LogP contribution in [0.2, 0.25) is 0 Å². The van der Waals surface area contributed by atoms with E-state index < -0.39 is 0 Å². The lowest BCUT2D eigenvalue weighted by Gasteiger charge is -2.14. The third-order valence-electron chi connectivity index (χ3n) is 4.26. The topological polar surface area (TPSA) is 70.7 Å². The molecule has 1 aromatic heterocycles. The Bertz CT molecular complexity index is 681. The molecule has 1 amide bonds. The van der Waals surface area contributed by atoms with Gasteiger partial charge in [-0.05, 0) is 31.2 Å². The van der Waals surface area contributed by atoms with Crippen molar-refractivity contribution in [1.82, 2.24) is 20.5 Å². The number of aromatic amines is 1. The van der Waals surface area contributed by atoms with Crippen LogP contribution >= 0.6 is 11.8 Å². The largest absolute Gasteiger partial charge is 0.353 e. The van der Waals surface area contributed by atoms with E-state index in [1.54, 1.807) is 0 Å². The Labute approximate surface area is 160 Å². The fourth-order valence-electron chi connectivity index (χ4n) is 2.69. The second-order valence-electron chi connectivity index (χ2n) is 7.10. The van der Waals surface area contributed by atoms with Crippen LogP contribution in [0.5, 0.6) is 0 Å². The molecule has 26 heavy (non-hydrogen) atoms. The molecule has 5 nitrogen and oxygen atoms in total. The summed E-state index contributed by atoms with van der Waals surface area (Å²) in [5.74, 6) is 1.82. The van der Waals surface area contributed by atoms with Gasteiger partial charge in [0.05, 0.1) is 5.75 Å². The number of hydrogen-bond donors (Lipinski definition) is 2. The molecule has 142 valence electrons. The summed E-state index contributed by atoms with van der Waals surface area (Å²) < 4.78 is 0. The average Bonchev–Trinajstić information content (AvgIpc) is 3.08. The molecule has 0 unspecified atom stereocenters. The lowest BCUT2D eigenvalue weighted by atomic mass is 10.0. The van der Waals surface area contributed by atoms with Crippen molar-refractivity contribution in [1.29, 1.82) is 0 Å². The van der Waals surface area contributed by atoms with E-state index in [1.807, 2.05) is 12.1 Å². The molecule has 0 radical (unpaired) electrons. The maximum atomic E-state index is 12.1. The van der Waals surface area contributed by atoms with Crippen LogP contribution in [-0.4, -0.2) is 32.9 Å². The number of thioether (sulfide) groups is 1. The molecular weight excluding hydrogens is 344 g/mol. The van der Waals surface area contributed by atoms with E-state index in [1.165, 1.54) is 23.7 Å². The first kappa shape index (κ1) is 20.5. The maximum Gasteiger partial charge on any atom is 0.230 e. The van der Waals surface area contributed by atoms with E-state index in [4.69, 9.17) is 0 Å². The van der Waals surface area contributed by atoms with Crippen molar-refractivity contribution in [2.24, 2.45) is 5.92 Å². The van der Waals surface area contributed by atoms with Gasteiger partial charge in [0.1, 0.15) is 0 Å². The Morgan fingerprint density at radius 2 is 1.92 bits per heavy atom. The van der Waals surface area contributed by atoms with Crippen LogP contribution in [0.15, 0.2) is 29.4 Å². The summed E-state index contributed by atoms with van der Waals surface area (Å²) in [6.07, 6.45) is 4.39. The molecule has 0 saturated carbocycles. The smallest absolute Gasteiger partial charge is 0.230 e. The van der Waals surface area contributed by atoms with Crippen molar-refractivity contribution in [3.8, 4) is 11.4 Å². The predicted octanol–water partition coefficient (Wildman–Crippen LogP) is 4.46. The third kappa shape index (κ3) is 6.83. The summed E-state index contributed by atoms with van der Waals surface area (Å²) in [4.78, 5) is 16.5. The van der Waals surface area contributed by atoms with Crippen molar-refractivity contribution in [2.75, 3.05) is 5.75 Å². The van der Waals surface area contributed by atoms with Crippen LogP contribution in [-0.2, 0) is 11.2 Å². The monoisotopic (exact) mass is 374 g/mol. The molecule has 2 N–H and O–H groups in total. The average molecular weight is 375 g/mol. The van der Waals surface area contributed by atoms with Crippen molar-refractivity contribution in [3.63, 3.8) is 0 Å². The molecule has 6 heteroatoms. The highest BCUT2D eigenvalue weighted by Crippen LogP contribution is 2.20. The lowest BCUT2D eigenvalue weighted by molar-refractivity contribution is -0.119. The van der Waals surface area contributed by atoms with Gasteiger partial charge in [-0.3, -0.25) is 9.89 Å². The Balaban J connectivity index is 1.77. The first-order valence-electron chi connectivity index (χ1n) is 9.41. The summed E-state index contributed by atoms with van der Waals surface area (Å²) in [6, 6.07) is 8.48. The molecule has 1 atom stereocenters. The van der Waals surface area contributed by atoms with E-state index in [0.717, 1.165) is 30.7 Å². The summed E-state index contributed by atoms with van der Waals surface area (Å²) in [7, 11) is 0. The standard InChI is InChI=1S/C20H30N4OS/c1-5-16-9-11-17(12-10-16)19-22-20(24-23-19)26-13-18(25)21-15(4)8-6-7-14(2)3/h9-12,14-15H,5-8,13H2,1-4H3,(H,21,25)(H,22,23,24)/t15-/m0/s1. The highest BCUT2D eigenvalue weighted by Gasteiger charge is 2.11. The van der Waals surface area contributed by atoms with E-state index in [2.05, 4.69) is 60.3 Å². The van der Waals surface area contributed by atoms with Gasteiger partial charge in [-0.25, -0.2) is 4.98 Å². The molecule has 1 aromatic carbocycles. The normalized spacial score (nSPS) is 12.3. The van der Waals surface area contributed by atoms with E-state index in [-0.39, 0.29) is 11.9 Å². The number of benzene rings is 1. The number of aromatic nitrogens is 3. The SMILES string of the molecule is CCc1ccc(-c2nc(SCC(=O)N[C@@H](C)CCCC(C)C)n[nH]2)cc1. The van der Waals surface area contributed by atoms with Gasteiger partial charge in [-0.15, -0.1) is 5.10 Å². The molecule has 0 aliphatic heterocycles. The first-order valence-corrected chi connectivity index (χ1v) is 10.4. The van der Waals surface area contributed by atoms with E-state index >= 15 is 0 Å². The molecule has 0 saturated heterocycles. The molecule has 0 bridgehead atoms. The summed E-state index contributed by atoms with van der Waals surface area (Å²) >= 11 is 1.36. The van der Waals surface area contributed by atoms with E-state index in [0.29, 0.717) is 16.8 Å². The van der Waals surface area contributed by atoms with Crippen LogP contribution in [0.4, 0.5) is 0 Å². The minimum absolute atomic E-state index is 0.0331. The highest BCUT2D eigenvalue weighted by atomic mass is 32.2. The van der Waals surface area contributed by atoms with Gasteiger partial charge in [0, 0.05) is 11.6 Å². The summed E-state index contributed by atoms with van der Waals surface area (Å²) in [5, 5.41) is 10.8. The second kappa shape index (κ2) is 10.4. The Kier molecular flexibility index (Phi) is 8.16. The Morgan fingerprint density at radius 3 is 2.58 bits per heavy atom. The van der Waals surface area contributed by atoms with Gasteiger partial charge in [0.25, 0.3) is 0 Å². The minimum Gasteiger partial charge on any atom is -0.353 e. The minimum atomic E-state index is 0.0331. The maximum absolute atomic E-state index is 12.1. The Morgan fingerprint density at radius 1 is 1.19 bits per heavy atom. The number of carbonyl (C=O) groups is 1. The van der Waals surface area contributed by atoms with Crippen molar-refractivity contribution in [3.05, 3.63) is 29.8 Å². The van der Waals surface area contributed by atoms with Gasteiger partial charge >= 0.3 is 0 Å². The van der Waals surface area contributed by atoms with E-state index in [9.17, 15) is 4.79 Å². The molecule has 0 spiro atoms. The van der Waals surface area contributed by atoms with Gasteiger partial charge in [0.15, 0.2) is 5.82 Å². The quantitative estimate of drug-likeness (QED) is 0.603. The van der Waals surface area contributed by atoms with Crippen molar-refractivity contribution >= 4 is 17.7 Å². The number of hydrogen-bond acceptors (Lipinski definition) is 4. The van der Waals surface area contributed by atoms with Gasteiger partial charge in [-0.2, -0.15) is 0 Å². The zero-order valence-corrected chi connectivity index (χ0v) is 17.0. The predicted molar refractivity (Wildman–Crippen MR) is 108 cm³/mol. The van der Waals surface area contributed by atoms with Gasteiger partial charge in [0.2, 0.25) is 11.1 Å². The van der Waals surface area contributed by atoms with Crippen LogP contribution in [0.1, 0.15) is 52.5 Å². The molecule has 2 aromatic rings. The number of carbonyl (C=O) groups excluding carboxylic acids is 1. The molecule has 2 rings (SSSR count). The molecule has 1 heterocycles. The molecule has 0 aliphatic carbocycles. The number of rotatable bonds is 10. The highest BCUT2D eigenvalue weighted by molar-refractivity contribution is 7.99. The fourth-order valence-corrected chi connectivity index (χ4v) is 3.30. The number of nitrogens with one attached hydrogen (secondary N) is 2. The zero-order chi connectivity index (χ0) is 18.9. The van der Waals surface area contributed by atoms with Crippen molar-refractivity contribution in [2.45, 2.75) is 64.6 Å². The number of nitrogens with zero attached hydrogens (tertiary/aromatic N) is 2. The molecular formula is C20H30N4OS. The van der Waals surface area contributed by atoms with Gasteiger partial charge < -0.3 is 5.32 Å².